The van der Waals surface area contributed by atoms with E-state index in [2.05, 4.69) is 75.9 Å². The van der Waals surface area contributed by atoms with Crippen molar-refractivity contribution in [2.45, 2.75) is 47.8 Å². The summed E-state index contributed by atoms with van der Waals surface area (Å²) in [5, 5.41) is 0.665. The fraction of sp³-hybridized carbons (Fsp3) is 0.429. The maximum Gasteiger partial charge on any atom is 0.0653 e. The maximum absolute atomic E-state index is 6.09. The summed E-state index contributed by atoms with van der Waals surface area (Å²) >= 11 is 0. The van der Waals surface area contributed by atoms with Gasteiger partial charge in [-0.25, -0.2) is 0 Å². The largest absolute Gasteiger partial charge is 0.330 e. The van der Waals surface area contributed by atoms with Gasteiger partial charge in [0.05, 0.1) is 16.1 Å². The number of rotatable bonds is 16. The zero-order valence-corrected chi connectivity index (χ0v) is 17.5. The van der Waals surface area contributed by atoms with Gasteiger partial charge in [-0.1, -0.05) is 36.5 Å². The Morgan fingerprint density at radius 3 is 1.00 bits per heavy atom. The van der Waals surface area contributed by atoms with Crippen molar-refractivity contribution in [3.63, 3.8) is 0 Å². The molecule has 2 N–H and O–H groups in total. The molecule has 0 rings (SSSR count). The third kappa shape index (κ3) is 5.73. The summed E-state index contributed by atoms with van der Waals surface area (Å²) < 4.78 is 0. The molecule has 0 bridgehead atoms. The smallest absolute Gasteiger partial charge is 0.0653 e. The lowest BCUT2D eigenvalue weighted by Crippen LogP contribution is -2.54. The molecular weight excluding hydrogens is 322 g/mol. The van der Waals surface area contributed by atoms with E-state index in [0.717, 1.165) is 49.2 Å². The molecule has 0 fully saturated rings. The van der Waals surface area contributed by atoms with Crippen molar-refractivity contribution in [1.82, 2.24) is 0 Å². The normalized spacial score (nSPS) is 11.8. The molecule has 0 aromatic rings. The van der Waals surface area contributed by atoms with Crippen LogP contribution in [-0.4, -0.2) is 22.7 Å². The lowest BCUT2D eigenvalue weighted by Gasteiger charge is -2.48. The first-order chi connectivity index (χ1) is 11.6. The van der Waals surface area contributed by atoms with E-state index in [1.165, 1.54) is 0 Å². The molecule has 0 saturated carbocycles. The first-order valence-electron chi connectivity index (χ1n) is 8.91. The Labute approximate surface area is 152 Å². The van der Waals surface area contributed by atoms with Crippen LogP contribution in [0.5, 0.6) is 0 Å². The van der Waals surface area contributed by atoms with Crippen LogP contribution in [-0.2, 0) is 0 Å². The van der Waals surface area contributed by atoms with Gasteiger partial charge in [-0.3, -0.25) is 0 Å². The molecular formula is C21H37NSi2. The molecule has 3 heteroatoms. The van der Waals surface area contributed by atoms with Gasteiger partial charge in [-0.15, -0.1) is 39.5 Å². The van der Waals surface area contributed by atoms with Crippen LogP contribution in [0.4, 0.5) is 0 Å². The molecule has 0 aliphatic carbocycles. The second-order valence-corrected chi connectivity index (χ2v) is 16.7. The molecule has 0 aromatic carbocycles. The van der Waals surface area contributed by atoms with E-state index in [0.29, 0.717) is 5.16 Å². The number of hydrogen-bond acceptors (Lipinski definition) is 1. The zero-order valence-electron chi connectivity index (χ0n) is 15.5. The number of allylic oxidation sites excluding steroid dienone is 6. The molecule has 0 heterocycles. The van der Waals surface area contributed by atoms with Crippen LogP contribution >= 0.6 is 0 Å². The summed E-state index contributed by atoms with van der Waals surface area (Å²) in [5.41, 5.74) is 6.09. The highest BCUT2D eigenvalue weighted by molar-refractivity contribution is 7.00. The van der Waals surface area contributed by atoms with Gasteiger partial charge in [0.15, 0.2) is 0 Å². The molecule has 0 aliphatic rings. The first kappa shape index (κ1) is 22.8. The molecule has 0 aromatic heterocycles. The van der Waals surface area contributed by atoms with E-state index in [1.54, 1.807) is 0 Å². The van der Waals surface area contributed by atoms with Crippen molar-refractivity contribution in [3.05, 3.63) is 75.9 Å². The predicted molar refractivity (Wildman–Crippen MR) is 119 cm³/mol. The summed E-state index contributed by atoms with van der Waals surface area (Å²) in [7, 11) is -3.42. The van der Waals surface area contributed by atoms with E-state index >= 15 is 0 Å². The van der Waals surface area contributed by atoms with Crippen molar-refractivity contribution >= 4 is 16.1 Å². The summed E-state index contributed by atoms with van der Waals surface area (Å²) in [6, 6.07) is 6.56. The molecule has 24 heavy (non-hydrogen) atoms. The zero-order chi connectivity index (χ0) is 18.5. The lowest BCUT2D eigenvalue weighted by atomic mass is 10.5. The molecule has 1 nitrogen and oxygen atoms in total. The average Bonchev–Trinajstić information content (AvgIpc) is 2.54. The Hall–Kier alpha value is -1.17. The van der Waals surface area contributed by atoms with Gasteiger partial charge in [-0.2, -0.15) is 0 Å². The van der Waals surface area contributed by atoms with Crippen LogP contribution < -0.4 is 5.73 Å². The van der Waals surface area contributed by atoms with E-state index in [4.69, 9.17) is 5.73 Å². The van der Waals surface area contributed by atoms with Gasteiger partial charge >= 0.3 is 0 Å². The molecule has 0 saturated heterocycles. The average molecular weight is 360 g/mol. The maximum atomic E-state index is 6.09. The fourth-order valence-corrected chi connectivity index (χ4v) is 19.5. The summed E-state index contributed by atoms with van der Waals surface area (Å²) in [6.45, 7) is 25.1. The van der Waals surface area contributed by atoms with E-state index in [-0.39, 0.29) is 0 Å². The summed E-state index contributed by atoms with van der Waals surface area (Å²) in [6.07, 6.45) is 13.7. The second kappa shape index (κ2) is 12.2. The Morgan fingerprint density at radius 1 is 0.583 bits per heavy atom. The van der Waals surface area contributed by atoms with E-state index in [1.807, 2.05) is 0 Å². The van der Waals surface area contributed by atoms with Gasteiger partial charge < -0.3 is 5.73 Å². The second-order valence-electron chi connectivity index (χ2n) is 6.81. The minimum absolute atomic E-state index is 0.665. The third-order valence-corrected chi connectivity index (χ3v) is 19.1. The lowest BCUT2D eigenvalue weighted by molar-refractivity contribution is 0.831. The molecule has 0 aliphatic heterocycles. The highest BCUT2D eigenvalue weighted by Gasteiger charge is 2.49. The highest BCUT2D eigenvalue weighted by atomic mass is 28.4. The molecule has 0 spiro atoms. The third-order valence-electron chi connectivity index (χ3n) is 5.24. The van der Waals surface area contributed by atoms with Gasteiger partial charge in [0.2, 0.25) is 0 Å². The minimum atomic E-state index is -1.71. The van der Waals surface area contributed by atoms with Crippen molar-refractivity contribution in [2.75, 3.05) is 6.54 Å². The Kier molecular flexibility index (Phi) is 11.6. The van der Waals surface area contributed by atoms with Crippen LogP contribution in [0.15, 0.2) is 75.9 Å². The Balaban J connectivity index is 6.33. The van der Waals surface area contributed by atoms with Crippen molar-refractivity contribution < 1.29 is 0 Å². The van der Waals surface area contributed by atoms with Gasteiger partial charge in [0.25, 0.3) is 0 Å². The van der Waals surface area contributed by atoms with E-state index < -0.39 is 16.1 Å². The molecule has 0 atom stereocenters. The van der Waals surface area contributed by atoms with Crippen molar-refractivity contribution in [2.24, 2.45) is 5.73 Å². The van der Waals surface area contributed by atoms with Crippen LogP contribution in [0, 0.1) is 0 Å². The first-order valence-corrected chi connectivity index (χ1v) is 14.3. The molecule has 0 radical (unpaired) electrons. The van der Waals surface area contributed by atoms with Crippen molar-refractivity contribution in [3.8, 4) is 0 Å². The summed E-state index contributed by atoms with van der Waals surface area (Å²) in [4.78, 5) is 0. The Morgan fingerprint density at radius 2 is 0.833 bits per heavy atom. The monoisotopic (exact) mass is 359 g/mol. The van der Waals surface area contributed by atoms with Crippen molar-refractivity contribution in [1.29, 1.82) is 0 Å². The number of hydrogen-bond donors (Lipinski definition) is 1. The van der Waals surface area contributed by atoms with Gasteiger partial charge in [0.1, 0.15) is 0 Å². The Bertz CT molecular complexity index is 348. The van der Waals surface area contributed by atoms with Crippen LogP contribution in [0.2, 0.25) is 41.4 Å². The topological polar surface area (TPSA) is 26.0 Å². The SMILES string of the molecule is C=CC[Si](CC=C)(CC=C)C(CCN)[Si](CC=C)(CC=C)CC=C. The van der Waals surface area contributed by atoms with Crippen LogP contribution in [0.3, 0.4) is 0 Å². The standard InChI is InChI=1S/C21H37NSi2/c1-7-15-23(16-8-2,17-9-3)21(13-14-22)24(18-10-4,19-11-5)20-12-6/h7-12,21H,1-6,13-20,22H2. The van der Waals surface area contributed by atoms with Crippen LogP contribution in [0.1, 0.15) is 6.42 Å². The predicted octanol–water partition coefficient (Wildman–Crippen LogP) is 6.26. The molecule has 0 amide bonds. The fourth-order valence-electron chi connectivity index (χ4n) is 4.51. The van der Waals surface area contributed by atoms with Crippen LogP contribution in [0.25, 0.3) is 0 Å². The number of nitrogens with two attached hydrogens (primary N) is 1. The minimum Gasteiger partial charge on any atom is -0.330 e. The quantitative estimate of drug-likeness (QED) is 0.255. The van der Waals surface area contributed by atoms with Gasteiger partial charge in [0, 0.05) is 0 Å². The summed E-state index contributed by atoms with van der Waals surface area (Å²) in [5.74, 6) is 0. The molecule has 0 unspecified atom stereocenters. The van der Waals surface area contributed by atoms with Gasteiger partial charge in [-0.05, 0) is 54.4 Å². The van der Waals surface area contributed by atoms with E-state index in [9.17, 15) is 0 Å². The molecule has 134 valence electrons. The highest BCUT2D eigenvalue weighted by Crippen LogP contribution is 2.48.